The van der Waals surface area contributed by atoms with Gasteiger partial charge in [-0.15, -0.1) is 5.10 Å². The zero-order chi connectivity index (χ0) is 10.8. The van der Waals surface area contributed by atoms with E-state index in [0.717, 1.165) is 10.9 Å². The van der Waals surface area contributed by atoms with Crippen molar-refractivity contribution in [3.8, 4) is 0 Å². The molecule has 2 aromatic rings. The van der Waals surface area contributed by atoms with E-state index in [9.17, 15) is 4.79 Å². The first-order valence-corrected chi connectivity index (χ1v) is 5.54. The predicted molar refractivity (Wildman–Crippen MR) is 61.8 cm³/mol. The summed E-state index contributed by atoms with van der Waals surface area (Å²) >= 11 is 3.33. The predicted octanol–water partition coefficient (Wildman–Crippen LogP) is 1.96. The molecule has 0 spiro atoms. The van der Waals surface area contributed by atoms with Gasteiger partial charge in [0, 0.05) is 11.0 Å². The molecule has 0 bridgehead atoms. The molecule has 0 aliphatic rings. The molecule has 0 saturated heterocycles. The zero-order valence-corrected chi connectivity index (χ0v) is 9.86. The lowest BCUT2D eigenvalue weighted by atomic mass is 10.2. The molecule has 0 amide bonds. The van der Waals surface area contributed by atoms with Crippen LogP contribution in [0.4, 0.5) is 0 Å². The minimum absolute atomic E-state index is 0.0804. The topological polar surface area (TPSA) is 47.8 Å². The molecule has 0 aliphatic heterocycles. The van der Waals surface area contributed by atoms with E-state index in [1.807, 2.05) is 13.0 Å². The van der Waals surface area contributed by atoms with Crippen LogP contribution < -0.4 is 5.56 Å². The van der Waals surface area contributed by atoms with E-state index in [-0.39, 0.29) is 5.56 Å². The molecule has 0 unspecified atom stereocenters. The van der Waals surface area contributed by atoms with Crippen molar-refractivity contribution < 1.29 is 0 Å². The molecule has 0 N–H and O–H groups in total. The lowest BCUT2D eigenvalue weighted by molar-refractivity contribution is 0.541. The van der Waals surface area contributed by atoms with Crippen LogP contribution in [0.2, 0.25) is 0 Å². The van der Waals surface area contributed by atoms with E-state index in [0.29, 0.717) is 17.4 Å². The minimum atomic E-state index is -0.0804. The van der Waals surface area contributed by atoms with Crippen LogP contribution in [0.25, 0.3) is 10.9 Å². The van der Waals surface area contributed by atoms with Crippen molar-refractivity contribution >= 4 is 26.8 Å². The standard InChI is InChI=1S/C10H10BrN3O/c1-2-5-14-10(15)8-6-7(11)3-4-9(8)12-13-14/h3-4,6H,2,5H2,1H3. The average molecular weight is 268 g/mol. The van der Waals surface area contributed by atoms with Gasteiger partial charge in [-0.1, -0.05) is 28.1 Å². The summed E-state index contributed by atoms with van der Waals surface area (Å²) in [6.45, 7) is 2.60. The first-order chi connectivity index (χ1) is 7.22. The van der Waals surface area contributed by atoms with Crippen molar-refractivity contribution in [2.24, 2.45) is 0 Å². The SMILES string of the molecule is CCCn1nnc2ccc(Br)cc2c1=O. The highest BCUT2D eigenvalue weighted by atomic mass is 79.9. The van der Waals surface area contributed by atoms with Gasteiger partial charge in [-0.25, -0.2) is 4.68 Å². The monoisotopic (exact) mass is 267 g/mol. The smallest absolute Gasteiger partial charge is 0.267 e. The van der Waals surface area contributed by atoms with Crippen LogP contribution in [-0.2, 0) is 6.54 Å². The Morgan fingerprint density at radius 3 is 3.00 bits per heavy atom. The van der Waals surface area contributed by atoms with Crippen molar-refractivity contribution in [2.45, 2.75) is 19.9 Å². The molecule has 0 atom stereocenters. The van der Waals surface area contributed by atoms with E-state index < -0.39 is 0 Å². The number of aryl methyl sites for hydroxylation is 1. The highest BCUT2D eigenvalue weighted by Crippen LogP contribution is 2.14. The Labute approximate surface area is 95.0 Å². The third-order valence-electron chi connectivity index (χ3n) is 2.12. The van der Waals surface area contributed by atoms with Gasteiger partial charge in [0.2, 0.25) is 0 Å². The first kappa shape index (κ1) is 10.3. The molecule has 0 radical (unpaired) electrons. The fourth-order valence-electron chi connectivity index (χ4n) is 1.41. The average Bonchev–Trinajstić information content (AvgIpc) is 2.23. The number of hydrogen-bond donors (Lipinski definition) is 0. The summed E-state index contributed by atoms with van der Waals surface area (Å²) in [6, 6.07) is 5.41. The van der Waals surface area contributed by atoms with Crippen molar-refractivity contribution in [2.75, 3.05) is 0 Å². The summed E-state index contributed by atoms with van der Waals surface area (Å²) in [5, 5.41) is 8.46. The molecule has 1 heterocycles. The molecule has 0 fully saturated rings. The fourth-order valence-corrected chi connectivity index (χ4v) is 1.77. The van der Waals surface area contributed by atoms with Gasteiger partial charge in [0.15, 0.2) is 0 Å². The summed E-state index contributed by atoms with van der Waals surface area (Å²) in [5.41, 5.74) is 0.554. The maximum Gasteiger partial charge on any atom is 0.277 e. The Bertz CT molecular complexity index is 550. The Hall–Kier alpha value is -1.23. The van der Waals surface area contributed by atoms with Crippen LogP contribution in [0.5, 0.6) is 0 Å². The van der Waals surface area contributed by atoms with Crippen LogP contribution in [0.1, 0.15) is 13.3 Å². The number of fused-ring (bicyclic) bond motifs is 1. The van der Waals surface area contributed by atoms with Crippen LogP contribution in [-0.4, -0.2) is 15.0 Å². The minimum Gasteiger partial charge on any atom is -0.267 e. The molecule has 4 nitrogen and oxygen atoms in total. The lowest BCUT2D eigenvalue weighted by Crippen LogP contribution is -2.24. The Morgan fingerprint density at radius 2 is 2.27 bits per heavy atom. The third kappa shape index (κ3) is 1.92. The number of hydrogen-bond acceptors (Lipinski definition) is 3. The molecular formula is C10H10BrN3O. The molecule has 1 aromatic carbocycles. The van der Waals surface area contributed by atoms with Crippen molar-refractivity contribution in [1.29, 1.82) is 0 Å². The number of halogens is 1. The highest BCUT2D eigenvalue weighted by Gasteiger charge is 2.04. The number of benzene rings is 1. The maximum absolute atomic E-state index is 11.9. The van der Waals surface area contributed by atoms with E-state index in [1.54, 1.807) is 12.1 Å². The molecule has 78 valence electrons. The van der Waals surface area contributed by atoms with E-state index in [2.05, 4.69) is 26.2 Å². The van der Waals surface area contributed by atoms with Crippen molar-refractivity contribution in [3.63, 3.8) is 0 Å². The summed E-state index contributed by atoms with van der Waals surface area (Å²) in [5.74, 6) is 0. The van der Waals surface area contributed by atoms with Crippen molar-refractivity contribution in [1.82, 2.24) is 15.0 Å². The summed E-state index contributed by atoms with van der Waals surface area (Å²) in [4.78, 5) is 11.9. The van der Waals surface area contributed by atoms with E-state index in [1.165, 1.54) is 4.68 Å². The van der Waals surface area contributed by atoms with Gasteiger partial charge < -0.3 is 0 Å². The molecule has 0 saturated carbocycles. The normalized spacial score (nSPS) is 10.8. The van der Waals surface area contributed by atoms with Crippen LogP contribution in [0.15, 0.2) is 27.5 Å². The maximum atomic E-state index is 11.9. The van der Waals surface area contributed by atoms with Crippen LogP contribution in [0.3, 0.4) is 0 Å². The Kier molecular flexibility index (Phi) is 2.81. The molecule has 5 heteroatoms. The summed E-state index contributed by atoms with van der Waals surface area (Å²) in [7, 11) is 0. The number of rotatable bonds is 2. The number of aromatic nitrogens is 3. The van der Waals surface area contributed by atoms with E-state index in [4.69, 9.17) is 0 Å². The van der Waals surface area contributed by atoms with Gasteiger partial charge in [-0.05, 0) is 24.6 Å². The Morgan fingerprint density at radius 1 is 1.47 bits per heavy atom. The zero-order valence-electron chi connectivity index (χ0n) is 8.27. The van der Waals surface area contributed by atoms with Crippen LogP contribution >= 0.6 is 15.9 Å². The molecule has 15 heavy (non-hydrogen) atoms. The van der Waals surface area contributed by atoms with Crippen molar-refractivity contribution in [3.05, 3.63) is 33.0 Å². The van der Waals surface area contributed by atoms with Crippen LogP contribution in [0, 0.1) is 0 Å². The number of nitrogens with zero attached hydrogens (tertiary/aromatic N) is 3. The van der Waals surface area contributed by atoms with Gasteiger partial charge >= 0.3 is 0 Å². The second-order valence-corrected chi connectivity index (χ2v) is 4.19. The van der Waals surface area contributed by atoms with Gasteiger partial charge in [-0.2, -0.15) is 0 Å². The molecule has 0 aliphatic carbocycles. The molecule has 2 rings (SSSR count). The fraction of sp³-hybridized carbons (Fsp3) is 0.300. The molecule has 1 aromatic heterocycles. The third-order valence-corrected chi connectivity index (χ3v) is 2.61. The van der Waals surface area contributed by atoms with Gasteiger partial charge in [0.25, 0.3) is 5.56 Å². The van der Waals surface area contributed by atoms with Gasteiger partial charge in [0.05, 0.1) is 5.39 Å². The van der Waals surface area contributed by atoms with E-state index >= 15 is 0 Å². The van der Waals surface area contributed by atoms with Gasteiger partial charge in [-0.3, -0.25) is 4.79 Å². The molecular weight excluding hydrogens is 258 g/mol. The highest BCUT2D eigenvalue weighted by molar-refractivity contribution is 9.10. The quantitative estimate of drug-likeness (QED) is 0.836. The second-order valence-electron chi connectivity index (χ2n) is 3.28. The summed E-state index contributed by atoms with van der Waals surface area (Å²) in [6.07, 6.45) is 0.869. The lowest BCUT2D eigenvalue weighted by Gasteiger charge is -2.02. The summed E-state index contributed by atoms with van der Waals surface area (Å²) < 4.78 is 2.28. The second kappa shape index (κ2) is 4.10. The first-order valence-electron chi connectivity index (χ1n) is 4.75. The largest absolute Gasteiger partial charge is 0.277 e. The van der Waals surface area contributed by atoms with Gasteiger partial charge in [0.1, 0.15) is 5.52 Å². The Balaban J connectivity index is 2.71.